The number of benzene rings is 1. The normalized spacial score (nSPS) is 17.9. The molecule has 1 heterocycles. The minimum Gasteiger partial charge on any atom is -0.341 e. The second kappa shape index (κ2) is 7.82. The predicted molar refractivity (Wildman–Crippen MR) is 92.1 cm³/mol. The molecule has 1 aliphatic rings. The minimum atomic E-state index is -0.229. The highest BCUT2D eigenvalue weighted by Crippen LogP contribution is 2.25. The lowest BCUT2D eigenvalue weighted by Crippen LogP contribution is -2.38. The van der Waals surface area contributed by atoms with Crippen molar-refractivity contribution in [3.8, 4) is 0 Å². The maximum Gasteiger partial charge on any atom is 0.228 e. The van der Waals surface area contributed by atoms with Gasteiger partial charge in [0.1, 0.15) is 0 Å². The Labute approximate surface area is 143 Å². The molecule has 0 radical (unpaired) electrons. The van der Waals surface area contributed by atoms with E-state index >= 15 is 0 Å². The smallest absolute Gasteiger partial charge is 0.228 e. The van der Waals surface area contributed by atoms with Crippen LogP contribution in [0.4, 0.5) is 0 Å². The summed E-state index contributed by atoms with van der Waals surface area (Å²) < 4.78 is 0. The molecule has 126 valence electrons. The highest BCUT2D eigenvalue weighted by atomic mass is 35.5. The van der Waals surface area contributed by atoms with E-state index in [9.17, 15) is 9.59 Å². The van der Waals surface area contributed by atoms with Crippen LogP contribution in [0.5, 0.6) is 0 Å². The van der Waals surface area contributed by atoms with E-state index in [4.69, 9.17) is 11.6 Å². The standard InChI is InChI=1S/C18H25ClN2O2/c1-4-16(5-2)21-12-14(10-17(21)22)18(23)20(3)11-13-7-6-8-15(19)9-13/h6-9,14,16H,4-5,10-12H2,1-3H3. The van der Waals surface area contributed by atoms with Crippen LogP contribution >= 0.6 is 11.6 Å². The van der Waals surface area contributed by atoms with Gasteiger partial charge in [0.25, 0.3) is 0 Å². The number of rotatable bonds is 6. The Morgan fingerprint density at radius 1 is 1.39 bits per heavy atom. The number of hydrogen-bond donors (Lipinski definition) is 0. The first-order valence-electron chi connectivity index (χ1n) is 8.25. The highest BCUT2D eigenvalue weighted by Gasteiger charge is 2.37. The molecular formula is C18H25ClN2O2. The van der Waals surface area contributed by atoms with Crippen molar-refractivity contribution < 1.29 is 9.59 Å². The number of hydrogen-bond acceptors (Lipinski definition) is 2. The average molecular weight is 337 g/mol. The molecule has 5 heteroatoms. The lowest BCUT2D eigenvalue weighted by atomic mass is 10.1. The largest absolute Gasteiger partial charge is 0.341 e. The van der Waals surface area contributed by atoms with Gasteiger partial charge in [0.2, 0.25) is 11.8 Å². The quantitative estimate of drug-likeness (QED) is 0.799. The molecule has 23 heavy (non-hydrogen) atoms. The van der Waals surface area contributed by atoms with Gasteiger partial charge in [-0.1, -0.05) is 37.6 Å². The first-order valence-corrected chi connectivity index (χ1v) is 8.62. The van der Waals surface area contributed by atoms with Crippen molar-refractivity contribution in [2.75, 3.05) is 13.6 Å². The van der Waals surface area contributed by atoms with Crippen LogP contribution in [-0.2, 0) is 16.1 Å². The Balaban J connectivity index is 1.99. The fourth-order valence-electron chi connectivity index (χ4n) is 3.28. The van der Waals surface area contributed by atoms with Crippen LogP contribution in [0.2, 0.25) is 5.02 Å². The van der Waals surface area contributed by atoms with Crippen LogP contribution in [-0.4, -0.2) is 41.2 Å². The summed E-state index contributed by atoms with van der Waals surface area (Å²) >= 11 is 5.99. The van der Waals surface area contributed by atoms with Crippen molar-refractivity contribution in [2.24, 2.45) is 5.92 Å². The molecule has 0 spiro atoms. The van der Waals surface area contributed by atoms with E-state index in [2.05, 4.69) is 13.8 Å². The molecule has 0 aliphatic carbocycles. The molecule has 1 saturated heterocycles. The first-order chi connectivity index (χ1) is 11.0. The molecule has 1 unspecified atom stereocenters. The summed E-state index contributed by atoms with van der Waals surface area (Å²) in [6.45, 7) is 5.22. The summed E-state index contributed by atoms with van der Waals surface area (Å²) in [5.41, 5.74) is 0.995. The van der Waals surface area contributed by atoms with Crippen LogP contribution in [0, 0.1) is 5.92 Å². The van der Waals surface area contributed by atoms with E-state index < -0.39 is 0 Å². The summed E-state index contributed by atoms with van der Waals surface area (Å²) in [5.74, 6) is -0.0905. The van der Waals surface area contributed by atoms with Crippen LogP contribution in [0.3, 0.4) is 0 Å². The number of likely N-dealkylation sites (tertiary alicyclic amines) is 1. The maximum atomic E-state index is 12.6. The third-order valence-corrected chi connectivity index (χ3v) is 4.81. The molecule has 4 nitrogen and oxygen atoms in total. The summed E-state index contributed by atoms with van der Waals surface area (Å²) in [6.07, 6.45) is 2.19. The fourth-order valence-corrected chi connectivity index (χ4v) is 3.49. The number of nitrogens with zero attached hydrogens (tertiary/aromatic N) is 2. The van der Waals surface area contributed by atoms with E-state index in [0.29, 0.717) is 24.5 Å². The molecule has 1 aliphatic heterocycles. The van der Waals surface area contributed by atoms with E-state index in [0.717, 1.165) is 18.4 Å². The molecular weight excluding hydrogens is 312 g/mol. The van der Waals surface area contributed by atoms with Gasteiger partial charge in [-0.3, -0.25) is 9.59 Å². The van der Waals surface area contributed by atoms with Crippen molar-refractivity contribution >= 4 is 23.4 Å². The van der Waals surface area contributed by atoms with Gasteiger partial charge in [0.15, 0.2) is 0 Å². The van der Waals surface area contributed by atoms with Crippen molar-refractivity contribution in [2.45, 2.75) is 45.7 Å². The van der Waals surface area contributed by atoms with E-state index in [1.807, 2.05) is 29.2 Å². The molecule has 0 saturated carbocycles. The monoisotopic (exact) mass is 336 g/mol. The summed E-state index contributed by atoms with van der Waals surface area (Å²) in [4.78, 5) is 28.4. The number of carbonyl (C=O) groups is 2. The second-order valence-electron chi connectivity index (χ2n) is 6.24. The van der Waals surface area contributed by atoms with Crippen LogP contribution in [0.1, 0.15) is 38.7 Å². The van der Waals surface area contributed by atoms with Crippen molar-refractivity contribution in [3.63, 3.8) is 0 Å². The predicted octanol–water partition coefficient (Wildman–Crippen LogP) is 3.34. The molecule has 1 fully saturated rings. The van der Waals surface area contributed by atoms with Gasteiger partial charge in [-0.25, -0.2) is 0 Å². The zero-order valence-corrected chi connectivity index (χ0v) is 14.8. The molecule has 1 aromatic rings. The van der Waals surface area contributed by atoms with Crippen LogP contribution in [0.25, 0.3) is 0 Å². The third kappa shape index (κ3) is 4.25. The first kappa shape index (κ1) is 17.8. The minimum absolute atomic E-state index is 0.0341. The molecule has 1 aromatic carbocycles. The van der Waals surface area contributed by atoms with Gasteiger partial charge in [0.05, 0.1) is 5.92 Å². The number of carbonyl (C=O) groups excluding carboxylic acids is 2. The summed E-state index contributed by atoms with van der Waals surface area (Å²) in [7, 11) is 1.79. The Bertz CT molecular complexity index is 572. The Kier molecular flexibility index (Phi) is 6.05. The molecule has 0 bridgehead atoms. The number of halogens is 1. The van der Waals surface area contributed by atoms with Crippen molar-refractivity contribution in [1.82, 2.24) is 9.80 Å². The van der Waals surface area contributed by atoms with Gasteiger partial charge in [-0.15, -0.1) is 0 Å². The van der Waals surface area contributed by atoms with E-state index in [-0.39, 0.29) is 23.8 Å². The maximum absolute atomic E-state index is 12.6. The zero-order valence-electron chi connectivity index (χ0n) is 14.1. The van der Waals surface area contributed by atoms with Crippen LogP contribution in [0.15, 0.2) is 24.3 Å². The van der Waals surface area contributed by atoms with Crippen LogP contribution < -0.4 is 0 Å². The lowest BCUT2D eigenvalue weighted by Gasteiger charge is -2.26. The fraction of sp³-hybridized carbons (Fsp3) is 0.556. The molecule has 0 aromatic heterocycles. The summed E-state index contributed by atoms with van der Waals surface area (Å²) in [6, 6.07) is 7.76. The van der Waals surface area contributed by atoms with Gasteiger partial charge in [-0.05, 0) is 30.5 Å². The van der Waals surface area contributed by atoms with E-state index in [1.54, 1.807) is 11.9 Å². The Morgan fingerprint density at radius 2 is 2.09 bits per heavy atom. The molecule has 0 N–H and O–H groups in total. The van der Waals surface area contributed by atoms with Gasteiger partial charge in [-0.2, -0.15) is 0 Å². The number of amides is 2. The molecule has 2 amide bonds. The van der Waals surface area contributed by atoms with Gasteiger partial charge in [0, 0.05) is 37.6 Å². The zero-order chi connectivity index (χ0) is 17.0. The third-order valence-electron chi connectivity index (χ3n) is 4.58. The van der Waals surface area contributed by atoms with Gasteiger partial charge >= 0.3 is 0 Å². The van der Waals surface area contributed by atoms with Crippen molar-refractivity contribution in [1.29, 1.82) is 0 Å². The average Bonchev–Trinajstić information content (AvgIpc) is 2.90. The molecule has 2 rings (SSSR count). The van der Waals surface area contributed by atoms with Crippen molar-refractivity contribution in [3.05, 3.63) is 34.9 Å². The highest BCUT2D eigenvalue weighted by molar-refractivity contribution is 6.30. The summed E-state index contributed by atoms with van der Waals surface area (Å²) in [5, 5.41) is 0.666. The molecule has 1 atom stereocenters. The lowest BCUT2D eigenvalue weighted by molar-refractivity contribution is -0.135. The topological polar surface area (TPSA) is 40.6 Å². The van der Waals surface area contributed by atoms with Gasteiger partial charge < -0.3 is 9.80 Å². The Hall–Kier alpha value is -1.55. The Morgan fingerprint density at radius 3 is 2.70 bits per heavy atom. The van der Waals surface area contributed by atoms with E-state index in [1.165, 1.54) is 0 Å². The SMILES string of the molecule is CCC(CC)N1CC(C(=O)N(C)Cc2cccc(Cl)c2)CC1=O. The second-order valence-corrected chi connectivity index (χ2v) is 6.68.